The van der Waals surface area contributed by atoms with E-state index in [2.05, 4.69) is 13.1 Å². The Kier molecular flexibility index (Phi) is 5.24. The van der Waals surface area contributed by atoms with Gasteiger partial charge < -0.3 is 4.90 Å². The zero-order valence-electron chi connectivity index (χ0n) is 18.3. The van der Waals surface area contributed by atoms with Gasteiger partial charge in [0.2, 0.25) is 0 Å². The standard InChI is InChI=1S/C25H29FN4O/c1-16-10-11-19(20(26)13-16)25(31)29-12-6-5-9-22(29)21-14-23-27-24(18-7-3-4-8-18)17(2)15-30(23)28-21/h10-11,13-15,18,22H,3-9,12H2,1-2H3. The van der Waals surface area contributed by atoms with E-state index in [9.17, 15) is 9.18 Å². The Balaban J connectivity index is 1.49. The Bertz CT molecular complexity index is 1130. The minimum absolute atomic E-state index is 0.138. The Hall–Kier alpha value is -2.76. The van der Waals surface area contributed by atoms with Gasteiger partial charge in [-0.25, -0.2) is 13.9 Å². The summed E-state index contributed by atoms with van der Waals surface area (Å²) in [5, 5.41) is 4.79. The summed E-state index contributed by atoms with van der Waals surface area (Å²) in [6.07, 6.45) is 9.80. The molecule has 5 nitrogen and oxygen atoms in total. The number of carbonyl (C=O) groups excluding carboxylic acids is 1. The summed E-state index contributed by atoms with van der Waals surface area (Å²) in [5.74, 6) is -0.168. The highest BCUT2D eigenvalue weighted by atomic mass is 19.1. The van der Waals surface area contributed by atoms with E-state index in [-0.39, 0.29) is 17.5 Å². The molecular weight excluding hydrogens is 391 g/mol. The lowest BCUT2D eigenvalue weighted by Crippen LogP contribution is -2.39. The molecule has 6 heteroatoms. The number of halogens is 1. The van der Waals surface area contributed by atoms with Gasteiger partial charge in [-0.1, -0.05) is 18.9 Å². The van der Waals surface area contributed by atoms with Crippen LogP contribution in [0.3, 0.4) is 0 Å². The van der Waals surface area contributed by atoms with Crippen LogP contribution in [0, 0.1) is 19.7 Å². The molecule has 162 valence electrons. The third-order valence-corrected chi connectivity index (χ3v) is 6.89. The molecule has 0 bridgehead atoms. The van der Waals surface area contributed by atoms with Crippen LogP contribution in [0.25, 0.3) is 5.65 Å². The molecule has 5 rings (SSSR count). The van der Waals surface area contributed by atoms with Gasteiger partial charge >= 0.3 is 0 Å². The van der Waals surface area contributed by atoms with Crippen molar-refractivity contribution in [1.82, 2.24) is 19.5 Å². The number of aryl methyl sites for hydroxylation is 2. The monoisotopic (exact) mass is 420 g/mol. The second kappa shape index (κ2) is 8.06. The van der Waals surface area contributed by atoms with Crippen LogP contribution in [-0.2, 0) is 0 Å². The molecule has 1 saturated heterocycles. The number of hydrogen-bond donors (Lipinski definition) is 0. The first kappa shape index (κ1) is 20.2. The van der Waals surface area contributed by atoms with Gasteiger partial charge in [0.05, 0.1) is 23.0 Å². The van der Waals surface area contributed by atoms with E-state index < -0.39 is 5.82 Å². The molecule has 1 unspecified atom stereocenters. The van der Waals surface area contributed by atoms with Crippen LogP contribution in [-0.4, -0.2) is 31.9 Å². The number of piperidine rings is 1. The van der Waals surface area contributed by atoms with Crippen molar-refractivity contribution in [2.24, 2.45) is 0 Å². The molecule has 2 aliphatic rings. The first-order valence-electron chi connectivity index (χ1n) is 11.4. The lowest BCUT2D eigenvalue weighted by molar-refractivity contribution is 0.0601. The maximum absolute atomic E-state index is 14.5. The van der Waals surface area contributed by atoms with Gasteiger partial charge in [0, 0.05) is 24.7 Å². The molecule has 3 aromatic rings. The molecule has 2 fully saturated rings. The van der Waals surface area contributed by atoms with Crippen LogP contribution in [0.5, 0.6) is 0 Å². The van der Waals surface area contributed by atoms with E-state index in [0.717, 1.165) is 36.2 Å². The van der Waals surface area contributed by atoms with Crippen LogP contribution >= 0.6 is 0 Å². The summed E-state index contributed by atoms with van der Waals surface area (Å²) in [6.45, 7) is 4.55. The molecule has 1 atom stereocenters. The fraction of sp³-hybridized carbons (Fsp3) is 0.480. The number of nitrogens with zero attached hydrogens (tertiary/aromatic N) is 4. The Morgan fingerprint density at radius 1 is 1.06 bits per heavy atom. The Morgan fingerprint density at radius 3 is 2.61 bits per heavy atom. The number of fused-ring (bicyclic) bond motifs is 1. The zero-order valence-corrected chi connectivity index (χ0v) is 18.3. The smallest absolute Gasteiger partial charge is 0.257 e. The van der Waals surface area contributed by atoms with Gasteiger partial charge in [-0.2, -0.15) is 5.10 Å². The van der Waals surface area contributed by atoms with Crippen molar-refractivity contribution in [1.29, 1.82) is 0 Å². The van der Waals surface area contributed by atoms with Crippen LogP contribution in [0.15, 0.2) is 30.5 Å². The minimum Gasteiger partial charge on any atom is -0.330 e. The summed E-state index contributed by atoms with van der Waals surface area (Å²) in [7, 11) is 0. The highest BCUT2D eigenvalue weighted by Crippen LogP contribution is 2.36. The largest absolute Gasteiger partial charge is 0.330 e. The number of rotatable bonds is 3. The van der Waals surface area contributed by atoms with Crippen molar-refractivity contribution in [2.75, 3.05) is 6.54 Å². The molecule has 3 heterocycles. The summed E-state index contributed by atoms with van der Waals surface area (Å²) < 4.78 is 16.4. The summed E-state index contributed by atoms with van der Waals surface area (Å²) in [4.78, 5) is 20.0. The molecule has 1 aromatic carbocycles. The average molecular weight is 421 g/mol. The van der Waals surface area contributed by atoms with Crippen LogP contribution < -0.4 is 0 Å². The van der Waals surface area contributed by atoms with Gasteiger partial charge in [-0.05, 0) is 69.2 Å². The number of hydrogen-bond acceptors (Lipinski definition) is 3. The van der Waals surface area contributed by atoms with E-state index >= 15 is 0 Å². The quantitative estimate of drug-likeness (QED) is 0.561. The topological polar surface area (TPSA) is 50.5 Å². The lowest BCUT2D eigenvalue weighted by Gasteiger charge is -2.34. The molecule has 1 aliphatic carbocycles. The normalized spacial score (nSPS) is 20.0. The van der Waals surface area contributed by atoms with E-state index in [1.54, 1.807) is 17.0 Å². The number of benzene rings is 1. The van der Waals surface area contributed by atoms with Gasteiger partial charge in [0.1, 0.15) is 5.82 Å². The second-order valence-electron chi connectivity index (χ2n) is 9.16. The van der Waals surface area contributed by atoms with Crippen molar-refractivity contribution in [3.63, 3.8) is 0 Å². The van der Waals surface area contributed by atoms with E-state index in [1.807, 2.05) is 17.5 Å². The van der Waals surface area contributed by atoms with Gasteiger partial charge in [0.25, 0.3) is 5.91 Å². The molecule has 0 N–H and O–H groups in total. The summed E-state index contributed by atoms with van der Waals surface area (Å²) in [5.41, 5.74) is 4.99. The molecule has 1 aliphatic heterocycles. The molecule has 1 saturated carbocycles. The van der Waals surface area contributed by atoms with Gasteiger partial charge in [0.15, 0.2) is 5.65 Å². The maximum Gasteiger partial charge on any atom is 0.257 e. The predicted molar refractivity (Wildman–Crippen MR) is 118 cm³/mol. The number of amides is 1. The fourth-order valence-electron chi connectivity index (χ4n) is 5.25. The molecule has 0 radical (unpaired) electrons. The van der Waals surface area contributed by atoms with Crippen molar-refractivity contribution in [3.05, 3.63) is 64.4 Å². The maximum atomic E-state index is 14.5. The van der Waals surface area contributed by atoms with E-state index in [0.29, 0.717) is 12.5 Å². The van der Waals surface area contributed by atoms with Crippen molar-refractivity contribution in [2.45, 2.75) is 70.8 Å². The fourth-order valence-corrected chi connectivity index (χ4v) is 5.25. The lowest BCUT2D eigenvalue weighted by atomic mass is 9.98. The van der Waals surface area contributed by atoms with Gasteiger partial charge in [-0.15, -0.1) is 0 Å². The third kappa shape index (κ3) is 3.73. The van der Waals surface area contributed by atoms with Crippen LogP contribution in [0.2, 0.25) is 0 Å². The van der Waals surface area contributed by atoms with Crippen LogP contribution in [0.4, 0.5) is 4.39 Å². The SMILES string of the molecule is Cc1ccc(C(=O)N2CCCCC2c2cc3nc(C4CCCC4)c(C)cn3n2)c(F)c1. The first-order chi connectivity index (χ1) is 15.0. The summed E-state index contributed by atoms with van der Waals surface area (Å²) >= 11 is 0. The number of aromatic nitrogens is 3. The minimum atomic E-state index is -0.456. The highest BCUT2D eigenvalue weighted by Gasteiger charge is 2.32. The molecule has 0 spiro atoms. The Labute approximate surface area is 182 Å². The van der Waals surface area contributed by atoms with E-state index in [4.69, 9.17) is 10.1 Å². The van der Waals surface area contributed by atoms with Crippen molar-refractivity contribution in [3.8, 4) is 0 Å². The zero-order chi connectivity index (χ0) is 21.5. The second-order valence-corrected chi connectivity index (χ2v) is 9.16. The van der Waals surface area contributed by atoms with Crippen LogP contribution in [0.1, 0.15) is 89.8 Å². The molecule has 2 aromatic heterocycles. The predicted octanol–water partition coefficient (Wildman–Crippen LogP) is 5.51. The van der Waals surface area contributed by atoms with E-state index in [1.165, 1.54) is 43.0 Å². The third-order valence-electron chi connectivity index (χ3n) is 6.89. The number of likely N-dealkylation sites (tertiary alicyclic amines) is 1. The highest BCUT2D eigenvalue weighted by molar-refractivity contribution is 5.95. The average Bonchev–Trinajstić information content (AvgIpc) is 3.42. The van der Waals surface area contributed by atoms with Crippen molar-refractivity contribution >= 4 is 11.6 Å². The first-order valence-corrected chi connectivity index (χ1v) is 11.4. The summed E-state index contributed by atoms with van der Waals surface area (Å²) in [6, 6.07) is 6.67. The van der Waals surface area contributed by atoms with Crippen molar-refractivity contribution < 1.29 is 9.18 Å². The van der Waals surface area contributed by atoms with Gasteiger partial charge in [-0.3, -0.25) is 4.79 Å². The molecule has 1 amide bonds. The Morgan fingerprint density at radius 2 is 1.84 bits per heavy atom. The number of carbonyl (C=O) groups is 1. The molecule has 31 heavy (non-hydrogen) atoms. The molecular formula is C25H29FN4O.